The van der Waals surface area contributed by atoms with Gasteiger partial charge in [-0.1, -0.05) is 0 Å². The van der Waals surface area contributed by atoms with Crippen LogP contribution in [-0.2, 0) is 13.5 Å². The quantitative estimate of drug-likeness (QED) is 0.778. The van der Waals surface area contributed by atoms with Gasteiger partial charge in [0.25, 0.3) is 0 Å². The van der Waals surface area contributed by atoms with Gasteiger partial charge in [0.2, 0.25) is 0 Å². The molecular formula is C12H11Br2N3O. The fourth-order valence-corrected chi connectivity index (χ4v) is 2.37. The second-order valence-corrected chi connectivity index (χ2v) is 5.64. The molecule has 2 aromatic heterocycles. The van der Waals surface area contributed by atoms with Gasteiger partial charge in [0.05, 0.1) is 22.3 Å². The summed E-state index contributed by atoms with van der Waals surface area (Å²) >= 11 is 6.74. The van der Waals surface area contributed by atoms with Gasteiger partial charge in [-0.15, -0.1) is 0 Å². The lowest BCUT2D eigenvalue weighted by Gasteiger charge is -2.02. The van der Waals surface area contributed by atoms with E-state index in [0.29, 0.717) is 5.69 Å². The van der Waals surface area contributed by atoms with Gasteiger partial charge >= 0.3 is 0 Å². The number of nitrogens with zero attached hydrogens (tertiary/aromatic N) is 3. The molecular weight excluding hydrogens is 362 g/mol. The maximum absolute atomic E-state index is 12.1. The van der Waals surface area contributed by atoms with Gasteiger partial charge in [-0.05, 0) is 50.9 Å². The molecule has 0 aliphatic carbocycles. The fraction of sp³-hybridized carbons (Fsp3) is 0.250. The zero-order valence-corrected chi connectivity index (χ0v) is 13.1. The van der Waals surface area contributed by atoms with E-state index >= 15 is 0 Å². The predicted molar refractivity (Wildman–Crippen MR) is 75.6 cm³/mol. The summed E-state index contributed by atoms with van der Waals surface area (Å²) in [6.45, 7) is 1.90. The molecule has 0 atom stereocenters. The van der Waals surface area contributed by atoms with E-state index in [9.17, 15) is 4.79 Å². The Labute approximate surface area is 122 Å². The lowest BCUT2D eigenvalue weighted by Crippen LogP contribution is -2.09. The van der Waals surface area contributed by atoms with Crippen molar-refractivity contribution in [1.29, 1.82) is 0 Å². The van der Waals surface area contributed by atoms with Crippen LogP contribution in [0, 0.1) is 6.92 Å². The van der Waals surface area contributed by atoms with Crippen molar-refractivity contribution in [2.75, 3.05) is 0 Å². The molecule has 0 aliphatic rings. The molecule has 0 aliphatic heterocycles. The highest BCUT2D eigenvalue weighted by atomic mass is 79.9. The van der Waals surface area contributed by atoms with Gasteiger partial charge in [0, 0.05) is 17.7 Å². The fourth-order valence-electron chi connectivity index (χ4n) is 1.66. The van der Waals surface area contributed by atoms with E-state index in [2.05, 4.69) is 41.9 Å². The molecule has 4 nitrogen and oxygen atoms in total. The Bertz CT molecular complexity index is 590. The molecule has 0 aromatic carbocycles. The van der Waals surface area contributed by atoms with E-state index < -0.39 is 0 Å². The van der Waals surface area contributed by atoms with E-state index in [1.54, 1.807) is 16.9 Å². The number of hydrogen-bond acceptors (Lipinski definition) is 3. The number of ketones is 1. The number of carbonyl (C=O) groups excluding carboxylic acids is 1. The number of Topliss-reactive ketones (excluding diaryl/α,β-unsaturated/α-hetero) is 1. The Morgan fingerprint density at radius 2 is 2.11 bits per heavy atom. The summed E-state index contributed by atoms with van der Waals surface area (Å²) in [5.41, 5.74) is 2.20. The van der Waals surface area contributed by atoms with Crippen molar-refractivity contribution in [1.82, 2.24) is 14.8 Å². The molecule has 0 saturated carbocycles. The molecule has 2 heterocycles. The van der Waals surface area contributed by atoms with Crippen LogP contribution < -0.4 is 0 Å². The summed E-state index contributed by atoms with van der Waals surface area (Å²) in [5.74, 6) is -0.0220. The van der Waals surface area contributed by atoms with Crippen molar-refractivity contribution < 1.29 is 4.79 Å². The van der Waals surface area contributed by atoms with E-state index in [-0.39, 0.29) is 12.2 Å². The highest BCUT2D eigenvalue weighted by molar-refractivity contribution is 9.10. The van der Waals surface area contributed by atoms with E-state index in [1.807, 2.05) is 20.0 Å². The van der Waals surface area contributed by atoms with Gasteiger partial charge in [-0.2, -0.15) is 5.10 Å². The van der Waals surface area contributed by atoms with Crippen LogP contribution in [0.2, 0.25) is 0 Å². The first-order valence-electron chi connectivity index (χ1n) is 5.31. The van der Waals surface area contributed by atoms with Crippen LogP contribution in [0.4, 0.5) is 0 Å². The third-order valence-electron chi connectivity index (χ3n) is 2.60. The summed E-state index contributed by atoms with van der Waals surface area (Å²) in [6.07, 6.45) is 1.91. The molecule has 0 unspecified atom stereocenters. The second kappa shape index (κ2) is 5.32. The molecule has 0 amide bonds. The van der Waals surface area contributed by atoms with Crippen LogP contribution in [0.15, 0.2) is 27.3 Å². The molecule has 18 heavy (non-hydrogen) atoms. The standard InChI is InChI=1S/C12H11Br2N3O/c1-7-12(14)10(17(2)16-7)5-11(18)9-4-3-8(13)6-15-9/h3-4,6H,5H2,1-2H3. The van der Waals surface area contributed by atoms with Crippen molar-refractivity contribution in [2.45, 2.75) is 13.3 Å². The van der Waals surface area contributed by atoms with Gasteiger partial charge in [0.15, 0.2) is 5.78 Å². The molecule has 0 N–H and O–H groups in total. The molecule has 0 saturated heterocycles. The molecule has 0 radical (unpaired) electrons. The molecule has 2 rings (SSSR count). The number of rotatable bonds is 3. The normalized spacial score (nSPS) is 10.7. The van der Waals surface area contributed by atoms with Gasteiger partial charge in [-0.25, -0.2) is 0 Å². The van der Waals surface area contributed by atoms with Gasteiger partial charge < -0.3 is 0 Å². The summed E-state index contributed by atoms with van der Waals surface area (Å²) in [6, 6.07) is 3.52. The second-order valence-electron chi connectivity index (χ2n) is 3.93. The molecule has 0 spiro atoms. The monoisotopic (exact) mass is 371 g/mol. The largest absolute Gasteiger partial charge is 0.292 e. The molecule has 0 fully saturated rings. The Hall–Kier alpha value is -1.01. The lowest BCUT2D eigenvalue weighted by molar-refractivity contribution is 0.0986. The van der Waals surface area contributed by atoms with Crippen molar-refractivity contribution in [3.8, 4) is 0 Å². The summed E-state index contributed by atoms with van der Waals surface area (Å²) in [5, 5.41) is 4.26. The number of pyridine rings is 1. The Morgan fingerprint density at radius 1 is 1.39 bits per heavy atom. The Balaban J connectivity index is 2.24. The summed E-state index contributed by atoms with van der Waals surface area (Å²) in [7, 11) is 1.83. The number of carbonyl (C=O) groups is 1. The minimum atomic E-state index is -0.0220. The van der Waals surface area contributed by atoms with Crippen molar-refractivity contribution in [3.63, 3.8) is 0 Å². The number of halogens is 2. The molecule has 0 bridgehead atoms. The van der Waals surface area contributed by atoms with Crippen LogP contribution >= 0.6 is 31.9 Å². The van der Waals surface area contributed by atoms with Crippen LogP contribution in [0.1, 0.15) is 21.9 Å². The first kappa shape index (κ1) is 13.4. The number of hydrogen-bond donors (Lipinski definition) is 0. The smallest absolute Gasteiger partial charge is 0.187 e. The lowest BCUT2D eigenvalue weighted by atomic mass is 10.1. The SMILES string of the molecule is Cc1nn(C)c(CC(=O)c2ccc(Br)cn2)c1Br. The van der Waals surface area contributed by atoms with Crippen LogP contribution in [-0.4, -0.2) is 20.5 Å². The maximum Gasteiger partial charge on any atom is 0.187 e. The van der Waals surface area contributed by atoms with Crippen molar-refractivity contribution >= 4 is 37.6 Å². The molecule has 2 aromatic rings. The van der Waals surface area contributed by atoms with E-state index in [0.717, 1.165) is 20.3 Å². The third kappa shape index (κ3) is 2.70. The number of aromatic nitrogens is 3. The third-order valence-corrected chi connectivity index (χ3v) is 4.10. The first-order valence-corrected chi connectivity index (χ1v) is 6.90. The average Bonchev–Trinajstić information content (AvgIpc) is 2.57. The van der Waals surface area contributed by atoms with Gasteiger partial charge in [0.1, 0.15) is 5.69 Å². The zero-order valence-electron chi connectivity index (χ0n) is 9.94. The summed E-state index contributed by atoms with van der Waals surface area (Å²) in [4.78, 5) is 16.2. The first-order chi connectivity index (χ1) is 8.49. The minimum absolute atomic E-state index is 0.0220. The maximum atomic E-state index is 12.1. The van der Waals surface area contributed by atoms with E-state index in [4.69, 9.17) is 0 Å². The Kier molecular flexibility index (Phi) is 3.97. The Morgan fingerprint density at radius 3 is 2.61 bits per heavy atom. The average molecular weight is 373 g/mol. The van der Waals surface area contributed by atoms with Crippen LogP contribution in [0.3, 0.4) is 0 Å². The molecule has 6 heteroatoms. The molecule has 94 valence electrons. The van der Waals surface area contributed by atoms with Crippen LogP contribution in [0.5, 0.6) is 0 Å². The highest BCUT2D eigenvalue weighted by Crippen LogP contribution is 2.21. The highest BCUT2D eigenvalue weighted by Gasteiger charge is 2.16. The van der Waals surface area contributed by atoms with Gasteiger partial charge in [-0.3, -0.25) is 14.5 Å². The number of aryl methyl sites for hydroxylation is 2. The topological polar surface area (TPSA) is 47.8 Å². The van der Waals surface area contributed by atoms with Crippen molar-refractivity contribution in [3.05, 3.63) is 44.4 Å². The van der Waals surface area contributed by atoms with Crippen molar-refractivity contribution in [2.24, 2.45) is 7.05 Å². The minimum Gasteiger partial charge on any atom is -0.292 e. The van der Waals surface area contributed by atoms with E-state index in [1.165, 1.54) is 0 Å². The zero-order chi connectivity index (χ0) is 13.3. The van der Waals surface area contributed by atoms with Crippen LogP contribution in [0.25, 0.3) is 0 Å². The summed E-state index contributed by atoms with van der Waals surface area (Å²) < 4.78 is 3.46. The predicted octanol–water partition coefficient (Wildman–Crippen LogP) is 3.07.